The van der Waals surface area contributed by atoms with Crippen molar-refractivity contribution in [3.63, 3.8) is 0 Å². The highest BCUT2D eigenvalue weighted by atomic mass is 32.2. The Balaban J connectivity index is 2.65. The highest BCUT2D eigenvalue weighted by Gasteiger charge is 2.00. The van der Waals surface area contributed by atoms with Crippen molar-refractivity contribution in [1.29, 1.82) is 5.26 Å². The van der Waals surface area contributed by atoms with Gasteiger partial charge in [-0.05, 0) is 30.7 Å². The normalized spacial score (nSPS) is 12.1. The van der Waals surface area contributed by atoms with Gasteiger partial charge < -0.3 is 0 Å². The summed E-state index contributed by atoms with van der Waals surface area (Å²) in [4.78, 5) is 1.24. The molecule has 1 aromatic rings. The number of benzene rings is 1. The van der Waals surface area contributed by atoms with E-state index >= 15 is 0 Å². The first-order chi connectivity index (χ1) is 6.26. The standard InChI is InChI=1S/C11H13NS/c1-3-9(2)13-11-6-4-10(8-12)5-7-11/h4-7,9H,3H2,1-2H3/t9-/m0/s1. The van der Waals surface area contributed by atoms with Crippen LogP contribution in [0.1, 0.15) is 25.8 Å². The van der Waals surface area contributed by atoms with Gasteiger partial charge in [0.05, 0.1) is 11.6 Å². The van der Waals surface area contributed by atoms with Gasteiger partial charge in [0.25, 0.3) is 0 Å². The van der Waals surface area contributed by atoms with Crippen LogP contribution >= 0.6 is 11.8 Å². The summed E-state index contributed by atoms with van der Waals surface area (Å²) < 4.78 is 0. The van der Waals surface area contributed by atoms with Crippen LogP contribution in [0.15, 0.2) is 29.2 Å². The maximum absolute atomic E-state index is 8.60. The number of hydrogen-bond donors (Lipinski definition) is 0. The van der Waals surface area contributed by atoms with Gasteiger partial charge in [-0.2, -0.15) is 5.26 Å². The Morgan fingerprint density at radius 2 is 2.00 bits per heavy atom. The monoisotopic (exact) mass is 191 g/mol. The van der Waals surface area contributed by atoms with E-state index in [1.807, 2.05) is 36.0 Å². The lowest BCUT2D eigenvalue weighted by atomic mass is 10.2. The highest BCUT2D eigenvalue weighted by Crippen LogP contribution is 2.24. The first-order valence-corrected chi connectivity index (χ1v) is 5.31. The summed E-state index contributed by atoms with van der Waals surface area (Å²) in [7, 11) is 0. The molecule has 0 unspecified atom stereocenters. The zero-order valence-corrected chi connectivity index (χ0v) is 8.77. The van der Waals surface area contributed by atoms with Crippen molar-refractivity contribution in [3.8, 4) is 6.07 Å². The van der Waals surface area contributed by atoms with E-state index in [1.165, 1.54) is 11.3 Å². The molecule has 0 aliphatic carbocycles. The molecule has 0 amide bonds. The van der Waals surface area contributed by atoms with Crippen molar-refractivity contribution < 1.29 is 0 Å². The van der Waals surface area contributed by atoms with Crippen molar-refractivity contribution in [2.24, 2.45) is 0 Å². The second-order valence-electron chi connectivity index (χ2n) is 2.97. The van der Waals surface area contributed by atoms with Gasteiger partial charge in [-0.3, -0.25) is 0 Å². The zero-order chi connectivity index (χ0) is 9.68. The Kier molecular flexibility index (Phi) is 3.85. The molecule has 0 saturated carbocycles. The molecule has 0 aliphatic rings. The summed E-state index contributed by atoms with van der Waals surface area (Å²) in [5.74, 6) is 0. The average molecular weight is 191 g/mol. The molecular formula is C11H13NS. The van der Waals surface area contributed by atoms with Gasteiger partial charge in [0.15, 0.2) is 0 Å². The molecule has 13 heavy (non-hydrogen) atoms. The maximum Gasteiger partial charge on any atom is 0.0991 e. The third kappa shape index (κ3) is 3.12. The minimum atomic E-state index is 0.646. The largest absolute Gasteiger partial charge is 0.192 e. The minimum Gasteiger partial charge on any atom is -0.192 e. The Bertz CT molecular complexity index is 297. The van der Waals surface area contributed by atoms with Crippen LogP contribution < -0.4 is 0 Å². The summed E-state index contributed by atoms with van der Waals surface area (Å²) in [5.41, 5.74) is 0.730. The lowest BCUT2D eigenvalue weighted by molar-refractivity contribution is 0.905. The fourth-order valence-electron chi connectivity index (χ4n) is 0.924. The van der Waals surface area contributed by atoms with Crippen LogP contribution in [0.2, 0.25) is 0 Å². The number of hydrogen-bond acceptors (Lipinski definition) is 2. The van der Waals surface area contributed by atoms with Crippen LogP contribution in [-0.2, 0) is 0 Å². The van der Waals surface area contributed by atoms with Crippen LogP contribution in [0.25, 0.3) is 0 Å². The third-order valence-corrected chi connectivity index (χ3v) is 3.18. The van der Waals surface area contributed by atoms with Crippen molar-refractivity contribution in [1.82, 2.24) is 0 Å². The molecule has 1 nitrogen and oxygen atoms in total. The predicted molar refractivity (Wildman–Crippen MR) is 56.8 cm³/mol. The van der Waals surface area contributed by atoms with E-state index < -0.39 is 0 Å². The Morgan fingerprint density at radius 1 is 1.38 bits per heavy atom. The van der Waals surface area contributed by atoms with E-state index in [0.717, 1.165) is 5.56 Å². The maximum atomic E-state index is 8.60. The lowest BCUT2D eigenvalue weighted by Crippen LogP contribution is -1.91. The van der Waals surface area contributed by atoms with E-state index in [1.54, 1.807) is 0 Å². The van der Waals surface area contributed by atoms with E-state index in [2.05, 4.69) is 19.9 Å². The smallest absolute Gasteiger partial charge is 0.0991 e. The predicted octanol–water partition coefficient (Wildman–Crippen LogP) is 3.45. The second-order valence-corrected chi connectivity index (χ2v) is 4.48. The molecule has 1 aromatic carbocycles. The topological polar surface area (TPSA) is 23.8 Å². The molecule has 2 heteroatoms. The van der Waals surface area contributed by atoms with Crippen molar-refractivity contribution in [2.75, 3.05) is 0 Å². The minimum absolute atomic E-state index is 0.646. The molecule has 0 spiro atoms. The Hall–Kier alpha value is -0.940. The lowest BCUT2D eigenvalue weighted by Gasteiger charge is -2.07. The van der Waals surface area contributed by atoms with Crippen LogP contribution in [0.3, 0.4) is 0 Å². The Labute approximate surface area is 83.8 Å². The second kappa shape index (κ2) is 4.94. The van der Waals surface area contributed by atoms with E-state index in [9.17, 15) is 0 Å². The number of nitriles is 1. The molecule has 0 bridgehead atoms. The first kappa shape index (κ1) is 10.1. The molecule has 0 aliphatic heterocycles. The molecular weight excluding hydrogens is 178 g/mol. The summed E-state index contributed by atoms with van der Waals surface area (Å²) in [6.07, 6.45) is 1.17. The van der Waals surface area contributed by atoms with Gasteiger partial charge in [-0.1, -0.05) is 13.8 Å². The highest BCUT2D eigenvalue weighted by molar-refractivity contribution is 7.99. The number of rotatable bonds is 3. The SMILES string of the molecule is CC[C@H](C)Sc1ccc(C#N)cc1. The van der Waals surface area contributed by atoms with Gasteiger partial charge in [-0.25, -0.2) is 0 Å². The van der Waals surface area contributed by atoms with Crippen molar-refractivity contribution >= 4 is 11.8 Å². The molecule has 0 saturated heterocycles. The van der Waals surface area contributed by atoms with Crippen LogP contribution in [-0.4, -0.2) is 5.25 Å². The van der Waals surface area contributed by atoms with E-state index in [-0.39, 0.29) is 0 Å². The molecule has 0 aromatic heterocycles. The summed E-state index contributed by atoms with van der Waals surface area (Å²) in [6, 6.07) is 9.86. The van der Waals surface area contributed by atoms with Crippen molar-refractivity contribution in [2.45, 2.75) is 30.4 Å². The molecule has 1 atom stereocenters. The summed E-state index contributed by atoms with van der Waals surface area (Å²) in [6.45, 7) is 4.39. The molecule has 0 N–H and O–H groups in total. The van der Waals surface area contributed by atoms with Crippen LogP contribution in [0.4, 0.5) is 0 Å². The summed E-state index contributed by atoms with van der Waals surface area (Å²) in [5, 5.41) is 9.25. The van der Waals surface area contributed by atoms with Crippen LogP contribution in [0, 0.1) is 11.3 Å². The van der Waals surface area contributed by atoms with E-state index in [4.69, 9.17) is 5.26 Å². The third-order valence-electron chi connectivity index (χ3n) is 1.90. The molecule has 0 fully saturated rings. The number of thioether (sulfide) groups is 1. The van der Waals surface area contributed by atoms with Gasteiger partial charge in [0, 0.05) is 10.1 Å². The number of nitrogens with zero attached hydrogens (tertiary/aromatic N) is 1. The molecule has 0 radical (unpaired) electrons. The van der Waals surface area contributed by atoms with Gasteiger partial charge in [0.1, 0.15) is 0 Å². The van der Waals surface area contributed by atoms with Crippen molar-refractivity contribution in [3.05, 3.63) is 29.8 Å². The molecule has 1 rings (SSSR count). The molecule has 0 heterocycles. The van der Waals surface area contributed by atoms with Crippen LogP contribution in [0.5, 0.6) is 0 Å². The zero-order valence-electron chi connectivity index (χ0n) is 7.95. The fourth-order valence-corrected chi connectivity index (χ4v) is 1.85. The van der Waals surface area contributed by atoms with E-state index in [0.29, 0.717) is 5.25 Å². The molecule has 68 valence electrons. The fraction of sp³-hybridized carbons (Fsp3) is 0.364. The first-order valence-electron chi connectivity index (χ1n) is 4.43. The average Bonchev–Trinajstić information content (AvgIpc) is 2.19. The summed E-state index contributed by atoms with van der Waals surface area (Å²) >= 11 is 1.85. The Morgan fingerprint density at radius 3 is 2.46 bits per heavy atom. The van der Waals surface area contributed by atoms with Gasteiger partial charge >= 0.3 is 0 Å². The van der Waals surface area contributed by atoms with Gasteiger partial charge in [0.2, 0.25) is 0 Å². The quantitative estimate of drug-likeness (QED) is 0.683. The van der Waals surface area contributed by atoms with Gasteiger partial charge in [-0.15, -0.1) is 11.8 Å².